The number of fused-ring (bicyclic) bond motifs is 1. The lowest BCUT2D eigenvalue weighted by Crippen LogP contribution is -2.53. The van der Waals surface area contributed by atoms with Gasteiger partial charge in [0.2, 0.25) is 15.9 Å². The normalized spacial score (nSPS) is 20.7. The van der Waals surface area contributed by atoms with Gasteiger partial charge < -0.3 is 14.7 Å². The van der Waals surface area contributed by atoms with Crippen molar-refractivity contribution in [2.45, 2.75) is 62.8 Å². The Morgan fingerprint density at radius 2 is 1.66 bits per heavy atom. The summed E-state index contributed by atoms with van der Waals surface area (Å²) in [5.41, 5.74) is 2.45. The van der Waals surface area contributed by atoms with Crippen molar-refractivity contribution in [1.29, 1.82) is 0 Å². The number of carbonyl (C=O) groups excluding carboxylic acids is 1. The molecular weight excluding hydrogens is 540 g/mol. The fourth-order valence-electron chi connectivity index (χ4n) is 5.41. The zero-order chi connectivity index (χ0) is 29.2. The quantitative estimate of drug-likeness (QED) is 0.423. The maximum absolute atomic E-state index is 13.3. The minimum Gasteiger partial charge on any atom is -0.485 e. The monoisotopic (exact) mass is 578 g/mol. The molecule has 2 atom stereocenters. The van der Waals surface area contributed by atoms with Crippen LogP contribution in [0.3, 0.4) is 0 Å². The number of aromatic nitrogens is 1. The molecule has 3 aromatic rings. The number of sulfonamides is 1. The summed E-state index contributed by atoms with van der Waals surface area (Å²) in [5, 5.41) is 11.2. The Kier molecular flexibility index (Phi) is 8.47. The van der Waals surface area contributed by atoms with E-state index in [9.17, 15) is 18.3 Å². The van der Waals surface area contributed by atoms with Gasteiger partial charge in [0.1, 0.15) is 17.5 Å². The largest absolute Gasteiger partial charge is 0.485 e. The molecule has 2 unspecified atom stereocenters. The van der Waals surface area contributed by atoms with E-state index in [1.54, 1.807) is 62.6 Å². The molecule has 2 aromatic carbocycles. The number of aliphatic hydroxyl groups is 1. The molecule has 2 aliphatic rings. The number of aryl methyl sites for hydroxylation is 1. The van der Waals surface area contributed by atoms with Gasteiger partial charge in [0.25, 0.3) is 0 Å². The van der Waals surface area contributed by atoms with Gasteiger partial charge in [-0.2, -0.15) is 0 Å². The Labute approximate surface area is 242 Å². The minimum absolute atomic E-state index is 0.0132. The first kappa shape index (κ1) is 29.2. The summed E-state index contributed by atoms with van der Waals surface area (Å²) in [6.45, 7) is 9.15. The lowest BCUT2D eigenvalue weighted by atomic mass is 9.86. The van der Waals surface area contributed by atoms with Crippen LogP contribution in [0.25, 0.3) is 0 Å². The summed E-state index contributed by atoms with van der Waals surface area (Å²) in [7, 11) is -3.94. The molecule has 0 aliphatic carbocycles. The van der Waals surface area contributed by atoms with Crippen LogP contribution >= 0.6 is 0 Å². The second-order valence-electron chi connectivity index (χ2n) is 11.3. The van der Waals surface area contributed by atoms with Crippen molar-refractivity contribution in [3.05, 3.63) is 89.2 Å². The van der Waals surface area contributed by atoms with Crippen molar-refractivity contribution in [2.75, 3.05) is 26.2 Å². The van der Waals surface area contributed by atoms with E-state index in [2.05, 4.69) is 14.6 Å². The van der Waals surface area contributed by atoms with Crippen LogP contribution in [0, 0.1) is 0 Å². The summed E-state index contributed by atoms with van der Waals surface area (Å²) >= 11 is 0. The summed E-state index contributed by atoms with van der Waals surface area (Å²) in [6, 6.07) is 15.2. The van der Waals surface area contributed by atoms with Crippen LogP contribution < -0.4 is 9.46 Å². The molecule has 9 nitrogen and oxygen atoms in total. The smallest absolute Gasteiger partial charge is 0.241 e. The Balaban J connectivity index is 1.30. The molecule has 3 heterocycles. The molecule has 2 N–H and O–H groups in total. The minimum atomic E-state index is -3.94. The molecule has 41 heavy (non-hydrogen) atoms. The third-order valence-electron chi connectivity index (χ3n) is 7.97. The number of piperazine rings is 1. The molecule has 5 rings (SSSR count). The Hall–Kier alpha value is -3.31. The average Bonchev–Trinajstić information content (AvgIpc) is 2.96. The molecule has 10 heteroatoms. The Morgan fingerprint density at radius 1 is 1.00 bits per heavy atom. The number of hydrogen-bond donors (Lipinski definition) is 2. The van der Waals surface area contributed by atoms with E-state index < -0.39 is 27.8 Å². The van der Waals surface area contributed by atoms with Crippen molar-refractivity contribution in [1.82, 2.24) is 19.5 Å². The third-order valence-corrected chi connectivity index (χ3v) is 9.43. The first-order chi connectivity index (χ1) is 19.6. The van der Waals surface area contributed by atoms with Crippen molar-refractivity contribution in [3.8, 4) is 5.75 Å². The molecule has 218 valence electrons. The van der Waals surface area contributed by atoms with E-state index in [0.29, 0.717) is 24.4 Å². The topological polar surface area (TPSA) is 112 Å². The van der Waals surface area contributed by atoms with E-state index in [-0.39, 0.29) is 17.2 Å². The lowest BCUT2D eigenvalue weighted by molar-refractivity contribution is -0.132. The van der Waals surface area contributed by atoms with Gasteiger partial charge in [-0.25, -0.2) is 13.1 Å². The molecule has 0 saturated carbocycles. The maximum atomic E-state index is 13.3. The van der Waals surface area contributed by atoms with Crippen LogP contribution in [0.4, 0.5) is 0 Å². The van der Waals surface area contributed by atoms with Gasteiger partial charge in [-0.3, -0.25) is 14.7 Å². The summed E-state index contributed by atoms with van der Waals surface area (Å²) in [5.74, 6) is 0.495. The fourth-order valence-corrected chi connectivity index (χ4v) is 6.64. The molecule has 1 aromatic heterocycles. The number of ether oxygens (including phenoxy) is 1. The van der Waals surface area contributed by atoms with Crippen molar-refractivity contribution >= 4 is 15.9 Å². The lowest BCUT2D eigenvalue weighted by Gasteiger charge is -2.42. The maximum Gasteiger partial charge on any atom is 0.241 e. The van der Waals surface area contributed by atoms with E-state index in [4.69, 9.17) is 4.74 Å². The van der Waals surface area contributed by atoms with Crippen LogP contribution in [0.1, 0.15) is 49.1 Å². The number of benzene rings is 2. The number of nitrogens with zero attached hydrogens (tertiary/aromatic N) is 3. The first-order valence-electron chi connectivity index (χ1n) is 14.1. The molecule has 0 radical (unpaired) electrons. The van der Waals surface area contributed by atoms with Gasteiger partial charge in [0, 0.05) is 50.7 Å². The molecule has 0 spiro atoms. The van der Waals surface area contributed by atoms with Crippen molar-refractivity contribution in [3.63, 3.8) is 0 Å². The number of nitrogens with one attached hydrogen (secondary N) is 1. The van der Waals surface area contributed by atoms with E-state index in [1.165, 1.54) is 5.56 Å². The number of carbonyl (C=O) groups is 1. The predicted molar refractivity (Wildman–Crippen MR) is 156 cm³/mol. The third kappa shape index (κ3) is 6.62. The Morgan fingerprint density at radius 3 is 2.32 bits per heavy atom. The van der Waals surface area contributed by atoms with Gasteiger partial charge in [0.15, 0.2) is 0 Å². The SMILES string of the molecule is CCc1ccc(S(=O)(=O)NC2c3cc(CC(=O)N4CCN(Cc5ccncc5)CC4)ccc3OC(C)(C)C2O)cc1. The number of rotatable bonds is 8. The highest BCUT2D eigenvalue weighted by atomic mass is 32.2. The standard InChI is InChI=1S/C31H38N4O5S/c1-4-22-5-8-25(9-6-22)41(38,39)33-29-26-19-24(7-10-27(26)40-31(2,3)30(29)37)20-28(36)35-17-15-34(16-18-35)21-23-11-13-32-14-12-23/h5-14,19,29-30,33,37H,4,15-18,20-21H2,1-3H3. The van der Waals surface area contributed by atoms with E-state index in [1.807, 2.05) is 30.0 Å². The number of hydrogen-bond acceptors (Lipinski definition) is 7. The zero-order valence-electron chi connectivity index (χ0n) is 23.8. The van der Waals surface area contributed by atoms with Crippen LogP contribution in [-0.2, 0) is 34.2 Å². The number of amides is 1. The molecular formula is C31H38N4O5S. The highest BCUT2D eigenvalue weighted by Gasteiger charge is 2.44. The highest BCUT2D eigenvalue weighted by molar-refractivity contribution is 7.89. The summed E-state index contributed by atoms with van der Waals surface area (Å²) in [4.78, 5) is 21.6. The van der Waals surface area contributed by atoms with Gasteiger partial charge in [-0.15, -0.1) is 0 Å². The van der Waals surface area contributed by atoms with Crippen LogP contribution in [0.2, 0.25) is 0 Å². The first-order valence-corrected chi connectivity index (χ1v) is 15.5. The van der Waals surface area contributed by atoms with Gasteiger partial charge >= 0.3 is 0 Å². The van der Waals surface area contributed by atoms with E-state index in [0.717, 1.165) is 37.2 Å². The molecule has 1 fully saturated rings. The van der Waals surface area contributed by atoms with Crippen molar-refractivity contribution < 1.29 is 23.1 Å². The molecule has 1 saturated heterocycles. The molecule has 0 bridgehead atoms. The van der Waals surface area contributed by atoms with Crippen LogP contribution in [0.5, 0.6) is 5.75 Å². The average molecular weight is 579 g/mol. The van der Waals surface area contributed by atoms with Crippen molar-refractivity contribution in [2.24, 2.45) is 0 Å². The van der Waals surface area contributed by atoms with Gasteiger partial charge in [-0.05, 0) is 73.4 Å². The summed E-state index contributed by atoms with van der Waals surface area (Å²) in [6.07, 6.45) is 3.40. The van der Waals surface area contributed by atoms with E-state index >= 15 is 0 Å². The van der Waals surface area contributed by atoms with Gasteiger partial charge in [-0.1, -0.05) is 25.1 Å². The van der Waals surface area contributed by atoms with Crippen LogP contribution in [0.15, 0.2) is 71.9 Å². The number of aliphatic hydroxyl groups excluding tert-OH is 1. The molecule has 1 amide bonds. The van der Waals surface area contributed by atoms with Gasteiger partial charge in [0.05, 0.1) is 17.4 Å². The second kappa shape index (κ2) is 11.9. The summed E-state index contributed by atoms with van der Waals surface area (Å²) < 4.78 is 35.5. The fraction of sp³-hybridized carbons (Fsp3) is 0.419. The highest BCUT2D eigenvalue weighted by Crippen LogP contribution is 2.41. The number of pyridine rings is 1. The molecule has 2 aliphatic heterocycles. The Bertz CT molecular complexity index is 1470. The zero-order valence-corrected chi connectivity index (χ0v) is 24.6. The predicted octanol–water partition coefficient (Wildman–Crippen LogP) is 3.08. The second-order valence-corrected chi connectivity index (χ2v) is 13.0. The van der Waals surface area contributed by atoms with Crippen LogP contribution in [-0.4, -0.2) is 72.1 Å².